The van der Waals surface area contributed by atoms with Crippen molar-refractivity contribution in [2.75, 3.05) is 45.4 Å². The van der Waals surface area contributed by atoms with E-state index in [1.807, 2.05) is 20.9 Å². The number of nitrogens with zero attached hydrogens (tertiary/aromatic N) is 2. The van der Waals surface area contributed by atoms with Crippen LogP contribution in [0.4, 0.5) is 5.13 Å². The van der Waals surface area contributed by atoms with Crippen LogP contribution in [0.1, 0.15) is 19.5 Å². The van der Waals surface area contributed by atoms with E-state index in [1.54, 1.807) is 18.4 Å². The van der Waals surface area contributed by atoms with Crippen LogP contribution in [0, 0.1) is 0 Å². The van der Waals surface area contributed by atoms with Crippen LogP contribution in [0.2, 0.25) is 0 Å². The Balaban J connectivity index is 2.28. The molecule has 0 saturated carbocycles. The van der Waals surface area contributed by atoms with E-state index in [0.29, 0.717) is 0 Å². The number of anilines is 1. The summed E-state index contributed by atoms with van der Waals surface area (Å²) < 4.78 is 10.5. The molecule has 6 heteroatoms. The quantitative estimate of drug-likeness (QED) is 0.664. The minimum absolute atomic E-state index is 0.283. The zero-order chi connectivity index (χ0) is 14.1. The highest BCUT2D eigenvalue weighted by Crippen LogP contribution is 2.18. The number of nitrogens with one attached hydrogen (secondary N) is 1. The fourth-order valence-corrected chi connectivity index (χ4v) is 2.28. The molecular formula is C13H25N3O2S. The van der Waals surface area contributed by atoms with Crippen LogP contribution in [0.3, 0.4) is 0 Å². The summed E-state index contributed by atoms with van der Waals surface area (Å²) in [5.41, 5.74) is 1.08. The van der Waals surface area contributed by atoms with Crippen LogP contribution in [-0.4, -0.2) is 51.5 Å². The SMILES string of the molecule is COCCNCc1csc(N(C)CCOC(C)C)n1. The highest BCUT2D eigenvalue weighted by Gasteiger charge is 2.07. The molecule has 1 heterocycles. The van der Waals surface area contributed by atoms with Crippen molar-refractivity contribution in [2.24, 2.45) is 0 Å². The summed E-state index contributed by atoms with van der Waals surface area (Å²) in [7, 11) is 3.75. The number of methoxy groups -OCH3 is 1. The number of rotatable bonds is 10. The van der Waals surface area contributed by atoms with Gasteiger partial charge in [0.25, 0.3) is 0 Å². The molecule has 0 radical (unpaired) electrons. The number of aromatic nitrogens is 1. The summed E-state index contributed by atoms with van der Waals surface area (Å²) in [6.45, 7) is 8.05. The van der Waals surface area contributed by atoms with Gasteiger partial charge in [-0.25, -0.2) is 4.98 Å². The molecule has 0 aromatic carbocycles. The summed E-state index contributed by atoms with van der Waals surface area (Å²) in [5, 5.41) is 6.42. The van der Waals surface area contributed by atoms with E-state index in [2.05, 4.69) is 20.6 Å². The van der Waals surface area contributed by atoms with Crippen molar-refractivity contribution in [1.29, 1.82) is 0 Å². The third-order valence-corrected chi connectivity index (χ3v) is 3.54. The second-order valence-electron chi connectivity index (χ2n) is 4.63. The fraction of sp³-hybridized carbons (Fsp3) is 0.769. The summed E-state index contributed by atoms with van der Waals surface area (Å²) in [6.07, 6.45) is 0.283. The van der Waals surface area contributed by atoms with Gasteiger partial charge in [-0.05, 0) is 13.8 Å². The largest absolute Gasteiger partial charge is 0.383 e. The second-order valence-corrected chi connectivity index (χ2v) is 5.47. The Bertz CT molecular complexity index is 344. The van der Waals surface area contributed by atoms with Crippen molar-refractivity contribution in [3.8, 4) is 0 Å². The number of thiazole rings is 1. The van der Waals surface area contributed by atoms with Gasteiger partial charge in [0.05, 0.1) is 25.0 Å². The lowest BCUT2D eigenvalue weighted by atomic mass is 10.5. The van der Waals surface area contributed by atoms with Crippen molar-refractivity contribution in [1.82, 2.24) is 10.3 Å². The number of likely N-dealkylation sites (N-methyl/N-ethyl adjacent to an activating group) is 1. The number of hydrogen-bond acceptors (Lipinski definition) is 6. The lowest BCUT2D eigenvalue weighted by molar-refractivity contribution is 0.0846. The summed E-state index contributed by atoms with van der Waals surface area (Å²) in [4.78, 5) is 6.72. The molecular weight excluding hydrogens is 262 g/mol. The summed E-state index contributed by atoms with van der Waals surface area (Å²) in [5.74, 6) is 0. The first kappa shape index (κ1) is 16.4. The molecule has 1 aromatic rings. The molecule has 1 aromatic heterocycles. The standard InChI is InChI=1S/C13H25N3O2S/c1-11(2)18-8-6-16(3)13-15-12(10-19-13)9-14-5-7-17-4/h10-11,14H,5-9H2,1-4H3. The number of hydrogen-bond donors (Lipinski definition) is 1. The molecule has 110 valence electrons. The molecule has 0 amide bonds. The molecule has 0 aliphatic rings. The topological polar surface area (TPSA) is 46.6 Å². The number of ether oxygens (including phenoxy) is 2. The molecule has 0 atom stereocenters. The first-order chi connectivity index (χ1) is 9.13. The van der Waals surface area contributed by atoms with Gasteiger partial charge in [0, 0.05) is 39.2 Å². The van der Waals surface area contributed by atoms with E-state index in [0.717, 1.165) is 43.7 Å². The normalized spacial score (nSPS) is 11.2. The van der Waals surface area contributed by atoms with E-state index < -0.39 is 0 Å². The maximum absolute atomic E-state index is 5.54. The molecule has 0 bridgehead atoms. The average molecular weight is 287 g/mol. The van der Waals surface area contributed by atoms with Gasteiger partial charge in [-0.3, -0.25) is 0 Å². The van der Waals surface area contributed by atoms with Gasteiger partial charge in [-0.2, -0.15) is 0 Å². The minimum Gasteiger partial charge on any atom is -0.383 e. The van der Waals surface area contributed by atoms with Crippen molar-refractivity contribution < 1.29 is 9.47 Å². The minimum atomic E-state index is 0.283. The van der Waals surface area contributed by atoms with E-state index in [1.165, 1.54) is 0 Å². The first-order valence-corrected chi connectivity index (χ1v) is 7.48. The van der Waals surface area contributed by atoms with E-state index in [-0.39, 0.29) is 6.10 Å². The smallest absolute Gasteiger partial charge is 0.185 e. The summed E-state index contributed by atoms with van der Waals surface area (Å²) >= 11 is 1.67. The Morgan fingerprint density at radius 3 is 2.89 bits per heavy atom. The second kappa shape index (κ2) is 9.25. The molecule has 0 unspecified atom stereocenters. The highest BCUT2D eigenvalue weighted by molar-refractivity contribution is 7.13. The van der Waals surface area contributed by atoms with Crippen LogP contribution in [-0.2, 0) is 16.0 Å². The van der Waals surface area contributed by atoms with Gasteiger partial charge in [0.15, 0.2) is 5.13 Å². The predicted molar refractivity (Wildman–Crippen MR) is 80.1 cm³/mol. The Hall–Kier alpha value is -0.690. The third kappa shape index (κ3) is 6.87. The highest BCUT2D eigenvalue weighted by atomic mass is 32.1. The molecule has 5 nitrogen and oxygen atoms in total. The van der Waals surface area contributed by atoms with Crippen molar-refractivity contribution in [2.45, 2.75) is 26.5 Å². The molecule has 0 fully saturated rings. The molecule has 0 aliphatic heterocycles. The third-order valence-electron chi connectivity index (χ3n) is 2.53. The predicted octanol–water partition coefficient (Wildman–Crippen LogP) is 1.74. The maximum atomic E-state index is 5.54. The van der Waals surface area contributed by atoms with Gasteiger partial charge in [0.2, 0.25) is 0 Å². The molecule has 0 aliphatic carbocycles. The zero-order valence-electron chi connectivity index (χ0n) is 12.3. The van der Waals surface area contributed by atoms with E-state index >= 15 is 0 Å². The Kier molecular flexibility index (Phi) is 7.97. The van der Waals surface area contributed by atoms with Gasteiger partial charge >= 0.3 is 0 Å². The van der Waals surface area contributed by atoms with Crippen LogP contribution in [0.25, 0.3) is 0 Å². The van der Waals surface area contributed by atoms with Gasteiger partial charge in [-0.1, -0.05) is 0 Å². The zero-order valence-corrected chi connectivity index (χ0v) is 13.1. The molecule has 19 heavy (non-hydrogen) atoms. The van der Waals surface area contributed by atoms with Crippen LogP contribution in [0.5, 0.6) is 0 Å². The Morgan fingerprint density at radius 1 is 1.42 bits per heavy atom. The summed E-state index contributed by atoms with van der Waals surface area (Å²) in [6, 6.07) is 0. The van der Waals surface area contributed by atoms with Crippen LogP contribution >= 0.6 is 11.3 Å². The fourth-order valence-electron chi connectivity index (χ4n) is 1.46. The molecule has 1 N–H and O–H groups in total. The Morgan fingerprint density at radius 2 is 2.21 bits per heavy atom. The van der Waals surface area contributed by atoms with E-state index in [9.17, 15) is 0 Å². The lowest BCUT2D eigenvalue weighted by Gasteiger charge is -2.16. The molecule has 1 rings (SSSR count). The van der Waals surface area contributed by atoms with Crippen molar-refractivity contribution in [3.05, 3.63) is 11.1 Å². The van der Waals surface area contributed by atoms with Gasteiger partial charge in [0.1, 0.15) is 0 Å². The first-order valence-electron chi connectivity index (χ1n) is 6.60. The van der Waals surface area contributed by atoms with Gasteiger partial charge < -0.3 is 19.7 Å². The maximum Gasteiger partial charge on any atom is 0.185 e. The molecule has 0 saturated heterocycles. The van der Waals surface area contributed by atoms with Crippen LogP contribution < -0.4 is 10.2 Å². The Labute approximate surface area is 119 Å². The van der Waals surface area contributed by atoms with Crippen molar-refractivity contribution >= 4 is 16.5 Å². The van der Waals surface area contributed by atoms with Crippen LogP contribution in [0.15, 0.2) is 5.38 Å². The van der Waals surface area contributed by atoms with Gasteiger partial charge in [-0.15, -0.1) is 11.3 Å². The lowest BCUT2D eigenvalue weighted by Crippen LogP contribution is -2.24. The monoisotopic (exact) mass is 287 g/mol. The van der Waals surface area contributed by atoms with Crippen molar-refractivity contribution in [3.63, 3.8) is 0 Å². The molecule has 0 spiro atoms. The average Bonchev–Trinajstić information content (AvgIpc) is 2.83. The van der Waals surface area contributed by atoms with E-state index in [4.69, 9.17) is 9.47 Å².